The maximum atomic E-state index is 5.87. The van der Waals surface area contributed by atoms with Gasteiger partial charge in [0.15, 0.2) is 5.13 Å². The van der Waals surface area contributed by atoms with Crippen LogP contribution in [0.25, 0.3) is 0 Å². The molecule has 0 amide bonds. The Morgan fingerprint density at radius 3 is 2.96 bits per heavy atom. The van der Waals surface area contributed by atoms with Crippen LogP contribution < -0.4 is 10.6 Å². The van der Waals surface area contributed by atoms with Crippen molar-refractivity contribution in [1.82, 2.24) is 15.3 Å². The van der Waals surface area contributed by atoms with Crippen LogP contribution in [0.3, 0.4) is 0 Å². The predicted octanol–water partition coefficient (Wildman–Crippen LogP) is 4.19. The van der Waals surface area contributed by atoms with Gasteiger partial charge in [0.05, 0.1) is 21.9 Å². The monoisotopic (exact) mass is 366 g/mol. The smallest absolute Gasteiger partial charge is 0.204 e. The van der Waals surface area contributed by atoms with E-state index in [0.717, 1.165) is 41.3 Å². The third-order valence-electron chi connectivity index (χ3n) is 4.00. The van der Waals surface area contributed by atoms with Crippen LogP contribution in [0.15, 0.2) is 14.8 Å². The van der Waals surface area contributed by atoms with Crippen molar-refractivity contribution >= 4 is 28.2 Å². The summed E-state index contributed by atoms with van der Waals surface area (Å²) in [7, 11) is 0. The van der Waals surface area contributed by atoms with Gasteiger partial charge >= 0.3 is 0 Å². The Balaban J connectivity index is 1.58. The topological polar surface area (TPSA) is 63.0 Å². The van der Waals surface area contributed by atoms with E-state index >= 15 is 0 Å². The molecule has 0 aliphatic carbocycles. The standard InChI is InChI=1S/C17H26N4OS2/c1-11-15(23-10-14-19-9-13(22-14)17(2,3)4)24-16(20-11)21-12-6-5-7-18-8-12/h9,12,18H,5-8,10H2,1-4H3,(H,20,21)/t12-/m1/s1. The van der Waals surface area contributed by atoms with Crippen LogP contribution in [0.2, 0.25) is 0 Å². The van der Waals surface area contributed by atoms with Crippen molar-refractivity contribution in [3.05, 3.63) is 23.5 Å². The van der Waals surface area contributed by atoms with Crippen LogP contribution in [0.4, 0.5) is 5.13 Å². The largest absolute Gasteiger partial charge is 0.444 e. The van der Waals surface area contributed by atoms with E-state index in [0.29, 0.717) is 6.04 Å². The number of aryl methyl sites for hydroxylation is 1. The Kier molecular flexibility index (Phi) is 5.52. The molecule has 2 aromatic rings. The molecule has 0 aromatic carbocycles. The number of aromatic nitrogens is 2. The van der Waals surface area contributed by atoms with Gasteiger partial charge in [0.1, 0.15) is 5.76 Å². The van der Waals surface area contributed by atoms with Crippen molar-refractivity contribution in [3.8, 4) is 0 Å². The fraction of sp³-hybridized carbons (Fsp3) is 0.647. The number of anilines is 1. The minimum atomic E-state index is 0.00143. The molecule has 0 saturated carbocycles. The first kappa shape index (κ1) is 17.8. The van der Waals surface area contributed by atoms with Gasteiger partial charge in [-0.3, -0.25) is 0 Å². The van der Waals surface area contributed by atoms with E-state index in [1.807, 2.05) is 6.20 Å². The van der Waals surface area contributed by atoms with Gasteiger partial charge in [-0.05, 0) is 26.3 Å². The molecule has 1 aliphatic rings. The number of oxazole rings is 1. The molecule has 3 rings (SSSR count). The number of rotatable bonds is 5. The summed E-state index contributed by atoms with van der Waals surface area (Å²) in [6.07, 6.45) is 4.28. The number of thioether (sulfide) groups is 1. The Hall–Kier alpha value is -1.05. The zero-order valence-corrected chi connectivity index (χ0v) is 16.4. The lowest BCUT2D eigenvalue weighted by atomic mass is 9.94. The molecular formula is C17H26N4OS2. The van der Waals surface area contributed by atoms with Crippen molar-refractivity contribution in [3.63, 3.8) is 0 Å². The minimum Gasteiger partial charge on any atom is -0.444 e. The summed E-state index contributed by atoms with van der Waals surface area (Å²) in [6.45, 7) is 10.6. The molecule has 1 aliphatic heterocycles. The highest BCUT2D eigenvalue weighted by Gasteiger charge is 2.20. The van der Waals surface area contributed by atoms with Gasteiger partial charge in [0.25, 0.3) is 0 Å². The maximum Gasteiger partial charge on any atom is 0.204 e. The van der Waals surface area contributed by atoms with Crippen molar-refractivity contribution < 1.29 is 4.42 Å². The third-order valence-corrected chi connectivity index (χ3v) is 6.43. The van der Waals surface area contributed by atoms with Gasteiger partial charge in [0.2, 0.25) is 5.89 Å². The third kappa shape index (κ3) is 4.52. The fourth-order valence-corrected chi connectivity index (χ4v) is 4.65. The number of piperidine rings is 1. The molecule has 1 saturated heterocycles. The lowest BCUT2D eigenvalue weighted by Gasteiger charge is -2.23. The molecule has 3 heterocycles. The quantitative estimate of drug-likeness (QED) is 0.774. The second-order valence-electron chi connectivity index (χ2n) is 7.24. The molecule has 0 unspecified atom stereocenters. The molecule has 0 bridgehead atoms. The summed E-state index contributed by atoms with van der Waals surface area (Å²) in [6, 6.07) is 0.489. The van der Waals surface area contributed by atoms with E-state index in [1.165, 1.54) is 17.1 Å². The van der Waals surface area contributed by atoms with Crippen LogP contribution in [0.5, 0.6) is 0 Å². The van der Waals surface area contributed by atoms with Crippen LogP contribution in [0.1, 0.15) is 51.0 Å². The van der Waals surface area contributed by atoms with Gasteiger partial charge in [-0.2, -0.15) is 0 Å². The van der Waals surface area contributed by atoms with Crippen LogP contribution in [0, 0.1) is 6.92 Å². The van der Waals surface area contributed by atoms with Crippen LogP contribution in [-0.2, 0) is 11.2 Å². The highest BCUT2D eigenvalue weighted by Crippen LogP contribution is 2.35. The SMILES string of the molecule is Cc1nc(N[C@@H]2CCCNC2)sc1SCc1ncc(C(C)(C)C)o1. The van der Waals surface area contributed by atoms with Gasteiger partial charge in [-0.1, -0.05) is 32.1 Å². The van der Waals surface area contributed by atoms with Gasteiger partial charge in [-0.25, -0.2) is 9.97 Å². The molecule has 2 N–H and O–H groups in total. The Morgan fingerprint density at radius 2 is 2.29 bits per heavy atom. The molecule has 7 heteroatoms. The lowest BCUT2D eigenvalue weighted by molar-refractivity contribution is 0.391. The van der Waals surface area contributed by atoms with Crippen molar-refractivity contribution in [2.45, 2.75) is 62.0 Å². The summed E-state index contributed by atoms with van der Waals surface area (Å²) >= 11 is 3.48. The van der Waals surface area contributed by atoms with E-state index < -0.39 is 0 Å². The van der Waals surface area contributed by atoms with Crippen molar-refractivity contribution in [1.29, 1.82) is 0 Å². The molecule has 2 aromatic heterocycles. The van der Waals surface area contributed by atoms with Crippen molar-refractivity contribution in [2.24, 2.45) is 0 Å². The molecule has 1 atom stereocenters. The number of hydrogen-bond acceptors (Lipinski definition) is 7. The first-order chi connectivity index (χ1) is 11.4. The molecule has 5 nitrogen and oxygen atoms in total. The molecule has 132 valence electrons. The average Bonchev–Trinajstić information content (AvgIpc) is 3.13. The highest BCUT2D eigenvalue weighted by atomic mass is 32.2. The number of nitrogens with zero attached hydrogens (tertiary/aromatic N) is 2. The van der Waals surface area contributed by atoms with E-state index in [9.17, 15) is 0 Å². The van der Waals surface area contributed by atoms with Crippen LogP contribution in [-0.4, -0.2) is 29.1 Å². The summed E-state index contributed by atoms with van der Waals surface area (Å²) in [4.78, 5) is 9.07. The highest BCUT2D eigenvalue weighted by molar-refractivity contribution is 8.00. The zero-order valence-electron chi connectivity index (χ0n) is 14.8. The van der Waals surface area contributed by atoms with Gasteiger partial charge in [-0.15, -0.1) is 11.8 Å². The Morgan fingerprint density at radius 1 is 1.46 bits per heavy atom. The summed E-state index contributed by atoms with van der Waals surface area (Å²) in [5.41, 5.74) is 1.08. The zero-order chi connectivity index (χ0) is 17.2. The fourth-order valence-electron chi connectivity index (χ4n) is 2.58. The van der Waals surface area contributed by atoms with Gasteiger partial charge in [0, 0.05) is 18.0 Å². The van der Waals surface area contributed by atoms with E-state index in [-0.39, 0.29) is 5.41 Å². The molecule has 24 heavy (non-hydrogen) atoms. The van der Waals surface area contributed by atoms with E-state index in [2.05, 4.69) is 48.3 Å². The maximum absolute atomic E-state index is 5.87. The first-order valence-electron chi connectivity index (χ1n) is 8.44. The lowest BCUT2D eigenvalue weighted by Crippen LogP contribution is -2.38. The van der Waals surface area contributed by atoms with Crippen molar-refractivity contribution in [2.75, 3.05) is 18.4 Å². The first-order valence-corrected chi connectivity index (χ1v) is 10.2. The molecule has 0 spiro atoms. The van der Waals surface area contributed by atoms with E-state index in [1.54, 1.807) is 23.1 Å². The normalized spacial score (nSPS) is 18.8. The average molecular weight is 367 g/mol. The second-order valence-corrected chi connectivity index (χ2v) is 9.48. The summed E-state index contributed by atoms with van der Waals surface area (Å²) in [5.74, 6) is 2.46. The molecular weight excluding hydrogens is 340 g/mol. The number of hydrogen-bond donors (Lipinski definition) is 2. The Labute approximate surface area is 152 Å². The predicted molar refractivity (Wildman–Crippen MR) is 101 cm³/mol. The summed E-state index contributed by atoms with van der Waals surface area (Å²) in [5, 5.41) is 8.00. The molecule has 0 radical (unpaired) electrons. The second kappa shape index (κ2) is 7.45. The minimum absolute atomic E-state index is 0.00143. The molecule has 1 fully saturated rings. The number of thiazole rings is 1. The summed E-state index contributed by atoms with van der Waals surface area (Å²) < 4.78 is 7.10. The van der Waals surface area contributed by atoms with E-state index in [4.69, 9.17) is 4.42 Å². The van der Waals surface area contributed by atoms with Crippen LogP contribution >= 0.6 is 23.1 Å². The van der Waals surface area contributed by atoms with Gasteiger partial charge < -0.3 is 15.1 Å². The number of nitrogens with one attached hydrogen (secondary N) is 2. The Bertz CT molecular complexity index is 668.